The minimum atomic E-state index is -0.458. The molecule has 0 bridgehead atoms. The Bertz CT molecular complexity index is 1000. The van der Waals surface area contributed by atoms with Crippen LogP contribution in [0.2, 0.25) is 0 Å². The maximum Gasteiger partial charge on any atom is 0.341 e. The first kappa shape index (κ1) is 18.8. The number of pyridine rings is 1. The number of carbonyl (C=O) groups excluding carboxylic acids is 2. The maximum absolute atomic E-state index is 12.4. The summed E-state index contributed by atoms with van der Waals surface area (Å²) in [6.45, 7) is 2.02. The first-order chi connectivity index (χ1) is 13.0. The van der Waals surface area contributed by atoms with E-state index in [0.717, 1.165) is 15.4 Å². The number of esters is 2. The number of nitrogens with zero attached hydrogens (tertiary/aromatic N) is 1. The molecule has 0 radical (unpaired) electrons. The molecule has 0 aliphatic heterocycles. The SMILES string of the molecule is CCOC(=O)c1cnc2ccc(Br)cc2c1Nc1ccc(C(=O)OC)cc1. The minimum absolute atomic E-state index is 0.266. The molecule has 1 aromatic heterocycles. The van der Waals surface area contributed by atoms with Gasteiger partial charge in [0.15, 0.2) is 0 Å². The number of methoxy groups -OCH3 is 1. The lowest BCUT2D eigenvalue weighted by Crippen LogP contribution is -2.09. The molecule has 3 rings (SSSR count). The van der Waals surface area contributed by atoms with Crippen LogP contribution in [0.15, 0.2) is 53.1 Å². The van der Waals surface area contributed by atoms with Gasteiger partial charge in [0.1, 0.15) is 5.56 Å². The van der Waals surface area contributed by atoms with Crippen LogP contribution >= 0.6 is 15.9 Å². The number of hydrogen-bond donors (Lipinski definition) is 1. The molecule has 3 aromatic rings. The summed E-state index contributed by atoms with van der Waals surface area (Å²) in [5.41, 5.74) is 2.81. The molecule has 27 heavy (non-hydrogen) atoms. The molecule has 0 aliphatic carbocycles. The Morgan fingerprint density at radius 1 is 1.11 bits per heavy atom. The van der Waals surface area contributed by atoms with Crippen molar-refractivity contribution in [2.75, 3.05) is 19.0 Å². The largest absolute Gasteiger partial charge is 0.465 e. The summed E-state index contributed by atoms with van der Waals surface area (Å²) in [5.74, 6) is -0.868. The Balaban J connectivity index is 2.07. The van der Waals surface area contributed by atoms with Crippen LogP contribution in [-0.4, -0.2) is 30.6 Å². The molecule has 1 N–H and O–H groups in total. The molecule has 7 heteroatoms. The van der Waals surface area contributed by atoms with Gasteiger partial charge in [-0.05, 0) is 49.4 Å². The van der Waals surface area contributed by atoms with Gasteiger partial charge in [-0.25, -0.2) is 9.59 Å². The van der Waals surface area contributed by atoms with Gasteiger partial charge in [-0.1, -0.05) is 15.9 Å². The number of rotatable bonds is 5. The van der Waals surface area contributed by atoms with E-state index in [2.05, 4.69) is 26.2 Å². The van der Waals surface area contributed by atoms with Crippen LogP contribution in [0.25, 0.3) is 10.9 Å². The molecule has 0 saturated carbocycles. The zero-order valence-corrected chi connectivity index (χ0v) is 16.4. The van der Waals surface area contributed by atoms with Crippen molar-refractivity contribution in [2.45, 2.75) is 6.92 Å². The van der Waals surface area contributed by atoms with Crippen molar-refractivity contribution in [3.8, 4) is 0 Å². The van der Waals surface area contributed by atoms with Crippen LogP contribution < -0.4 is 5.32 Å². The van der Waals surface area contributed by atoms with Gasteiger partial charge in [-0.15, -0.1) is 0 Å². The third kappa shape index (κ3) is 4.09. The second-order valence-corrected chi connectivity index (χ2v) is 6.54. The van der Waals surface area contributed by atoms with Crippen molar-refractivity contribution in [3.63, 3.8) is 0 Å². The van der Waals surface area contributed by atoms with Gasteiger partial charge in [0.25, 0.3) is 0 Å². The average Bonchev–Trinajstić information content (AvgIpc) is 2.68. The van der Waals surface area contributed by atoms with Gasteiger partial charge in [-0.2, -0.15) is 0 Å². The van der Waals surface area contributed by atoms with E-state index in [1.165, 1.54) is 13.3 Å². The lowest BCUT2D eigenvalue weighted by atomic mass is 10.1. The van der Waals surface area contributed by atoms with E-state index in [-0.39, 0.29) is 6.61 Å². The predicted octanol–water partition coefficient (Wildman–Crippen LogP) is 4.70. The van der Waals surface area contributed by atoms with E-state index in [4.69, 9.17) is 9.47 Å². The molecule has 0 saturated heterocycles. The highest BCUT2D eigenvalue weighted by Crippen LogP contribution is 2.31. The molecule has 6 nitrogen and oxygen atoms in total. The van der Waals surface area contributed by atoms with E-state index >= 15 is 0 Å². The van der Waals surface area contributed by atoms with Crippen molar-refractivity contribution in [3.05, 3.63) is 64.3 Å². The minimum Gasteiger partial charge on any atom is -0.465 e. The Morgan fingerprint density at radius 3 is 2.52 bits per heavy atom. The van der Waals surface area contributed by atoms with E-state index in [0.29, 0.717) is 22.5 Å². The van der Waals surface area contributed by atoms with Crippen molar-refractivity contribution in [2.24, 2.45) is 0 Å². The predicted molar refractivity (Wildman–Crippen MR) is 106 cm³/mol. The first-order valence-corrected chi connectivity index (χ1v) is 9.03. The fourth-order valence-electron chi connectivity index (χ4n) is 2.61. The highest BCUT2D eigenvalue weighted by atomic mass is 79.9. The first-order valence-electron chi connectivity index (χ1n) is 8.24. The Hall–Kier alpha value is -2.93. The zero-order chi connectivity index (χ0) is 19.4. The summed E-state index contributed by atoms with van der Waals surface area (Å²) < 4.78 is 10.7. The standard InChI is InChI=1S/C20H17BrN2O4/c1-3-27-20(25)16-11-22-17-9-6-13(21)10-15(17)18(16)23-14-7-4-12(5-8-14)19(24)26-2/h4-11H,3H2,1-2H3,(H,22,23). The molecule has 1 heterocycles. The molecule has 0 amide bonds. The Kier molecular flexibility index (Phi) is 5.71. The van der Waals surface area contributed by atoms with Crippen LogP contribution in [0.1, 0.15) is 27.6 Å². The third-order valence-corrected chi connectivity index (χ3v) is 4.39. The van der Waals surface area contributed by atoms with Crippen LogP contribution in [0.5, 0.6) is 0 Å². The van der Waals surface area contributed by atoms with E-state index in [1.54, 1.807) is 31.2 Å². The summed E-state index contributed by atoms with van der Waals surface area (Å²) in [6, 6.07) is 12.4. The molecule has 0 fully saturated rings. The fourth-order valence-corrected chi connectivity index (χ4v) is 2.98. The van der Waals surface area contributed by atoms with Gasteiger partial charge in [0, 0.05) is 21.7 Å². The topological polar surface area (TPSA) is 77.5 Å². The van der Waals surface area contributed by atoms with E-state index in [9.17, 15) is 9.59 Å². The number of ether oxygens (including phenoxy) is 2. The summed E-state index contributed by atoms with van der Waals surface area (Å²) >= 11 is 3.45. The quantitative estimate of drug-likeness (QED) is 0.593. The van der Waals surface area contributed by atoms with Crippen molar-refractivity contribution >= 4 is 50.1 Å². The highest BCUT2D eigenvalue weighted by molar-refractivity contribution is 9.10. The summed E-state index contributed by atoms with van der Waals surface area (Å²) in [4.78, 5) is 28.3. The van der Waals surface area contributed by atoms with Crippen LogP contribution in [0.4, 0.5) is 11.4 Å². The number of hydrogen-bond acceptors (Lipinski definition) is 6. The molecule has 0 unspecified atom stereocenters. The number of anilines is 2. The second-order valence-electron chi connectivity index (χ2n) is 5.62. The van der Waals surface area contributed by atoms with Crippen LogP contribution in [-0.2, 0) is 9.47 Å². The number of nitrogens with one attached hydrogen (secondary N) is 1. The summed E-state index contributed by atoms with van der Waals surface area (Å²) in [5, 5.41) is 4.02. The van der Waals surface area contributed by atoms with Gasteiger partial charge < -0.3 is 14.8 Å². The number of halogens is 1. The number of benzene rings is 2. The van der Waals surface area contributed by atoms with E-state index < -0.39 is 11.9 Å². The summed E-state index contributed by atoms with van der Waals surface area (Å²) in [7, 11) is 1.33. The fraction of sp³-hybridized carbons (Fsp3) is 0.150. The molecule has 0 atom stereocenters. The number of carbonyl (C=O) groups is 2. The lowest BCUT2D eigenvalue weighted by Gasteiger charge is -2.14. The van der Waals surface area contributed by atoms with E-state index in [1.807, 2.05) is 18.2 Å². The third-order valence-electron chi connectivity index (χ3n) is 3.90. The van der Waals surface area contributed by atoms with Gasteiger partial charge in [0.2, 0.25) is 0 Å². The zero-order valence-electron chi connectivity index (χ0n) is 14.8. The smallest absolute Gasteiger partial charge is 0.341 e. The molecule has 138 valence electrons. The Labute approximate surface area is 164 Å². The van der Waals surface area contributed by atoms with Gasteiger partial charge >= 0.3 is 11.9 Å². The highest BCUT2D eigenvalue weighted by Gasteiger charge is 2.17. The second kappa shape index (κ2) is 8.18. The molecule has 2 aromatic carbocycles. The Morgan fingerprint density at radius 2 is 1.85 bits per heavy atom. The van der Waals surface area contributed by atoms with Crippen molar-refractivity contribution < 1.29 is 19.1 Å². The van der Waals surface area contributed by atoms with Crippen molar-refractivity contribution in [1.82, 2.24) is 4.98 Å². The van der Waals surface area contributed by atoms with Crippen LogP contribution in [0.3, 0.4) is 0 Å². The number of aromatic nitrogens is 1. The molecule has 0 spiro atoms. The molecule has 0 aliphatic rings. The normalized spacial score (nSPS) is 10.5. The molecular weight excluding hydrogens is 412 g/mol. The van der Waals surface area contributed by atoms with Crippen LogP contribution in [0, 0.1) is 0 Å². The monoisotopic (exact) mass is 428 g/mol. The summed E-state index contributed by atoms with van der Waals surface area (Å²) in [6.07, 6.45) is 1.50. The maximum atomic E-state index is 12.4. The average molecular weight is 429 g/mol. The lowest BCUT2D eigenvalue weighted by molar-refractivity contribution is 0.0526. The van der Waals surface area contributed by atoms with Crippen molar-refractivity contribution in [1.29, 1.82) is 0 Å². The van der Waals surface area contributed by atoms with Gasteiger partial charge in [-0.3, -0.25) is 4.98 Å². The molecular formula is C20H17BrN2O4. The number of fused-ring (bicyclic) bond motifs is 1. The van der Waals surface area contributed by atoms with Gasteiger partial charge in [0.05, 0.1) is 30.5 Å².